The molecule has 0 spiro atoms. The van der Waals surface area contributed by atoms with Crippen LogP contribution in [0.5, 0.6) is 0 Å². The topological polar surface area (TPSA) is 78.7 Å². The predicted molar refractivity (Wildman–Crippen MR) is 84.2 cm³/mol. The molecule has 1 heterocycles. The number of furan rings is 1. The number of nitrogens with zero attached hydrogens (tertiary/aromatic N) is 1. The molecule has 0 aliphatic carbocycles. The highest BCUT2D eigenvalue weighted by atomic mass is 16.3. The van der Waals surface area contributed by atoms with E-state index < -0.39 is 0 Å². The number of aryl methyl sites for hydroxylation is 1. The highest BCUT2D eigenvalue weighted by Gasteiger charge is 2.11. The smallest absolute Gasteiger partial charge is 0.222 e. The van der Waals surface area contributed by atoms with Crippen LogP contribution in [0.3, 0.4) is 0 Å². The van der Waals surface area contributed by atoms with Crippen molar-refractivity contribution in [2.45, 2.75) is 33.7 Å². The molecule has 0 radical (unpaired) electrons. The van der Waals surface area contributed by atoms with E-state index in [1.807, 2.05) is 39.8 Å². The fourth-order valence-electron chi connectivity index (χ4n) is 1.73. The van der Waals surface area contributed by atoms with Crippen molar-refractivity contribution in [1.82, 2.24) is 16.0 Å². The van der Waals surface area contributed by atoms with Gasteiger partial charge in [-0.15, -0.1) is 0 Å². The summed E-state index contributed by atoms with van der Waals surface area (Å²) in [6.45, 7) is 8.84. The summed E-state index contributed by atoms with van der Waals surface area (Å²) in [4.78, 5) is 15.6. The molecule has 1 amide bonds. The molecule has 0 fully saturated rings. The van der Waals surface area contributed by atoms with Crippen molar-refractivity contribution in [2.24, 2.45) is 10.9 Å². The van der Waals surface area contributed by atoms with Gasteiger partial charge in [0.1, 0.15) is 11.5 Å². The maximum absolute atomic E-state index is 11.4. The zero-order valence-electron chi connectivity index (χ0n) is 13.5. The average molecular weight is 294 g/mol. The molecule has 1 unspecified atom stereocenters. The highest BCUT2D eigenvalue weighted by Crippen LogP contribution is 2.15. The van der Waals surface area contributed by atoms with Gasteiger partial charge in [-0.3, -0.25) is 9.79 Å². The number of nitrogens with one attached hydrogen (secondary N) is 3. The lowest BCUT2D eigenvalue weighted by Crippen LogP contribution is -2.42. The minimum Gasteiger partial charge on any atom is -0.464 e. The number of hydrogen-bond donors (Lipinski definition) is 3. The number of carbonyl (C=O) groups excluding carboxylic acids is 1. The third kappa shape index (κ3) is 5.89. The second kappa shape index (κ2) is 8.34. The van der Waals surface area contributed by atoms with E-state index in [-0.39, 0.29) is 17.9 Å². The van der Waals surface area contributed by atoms with E-state index in [4.69, 9.17) is 4.42 Å². The number of aliphatic imine (C=N–C) groups is 1. The summed E-state index contributed by atoms with van der Waals surface area (Å²) in [6, 6.07) is 3.91. The largest absolute Gasteiger partial charge is 0.464 e. The Balaban J connectivity index is 2.34. The van der Waals surface area contributed by atoms with E-state index in [0.717, 1.165) is 11.5 Å². The zero-order chi connectivity index (χ0) is 15.8. The van der Waals surface area contributed by atoms with Crippen LogP contribution in [-0.4, -0.2) is 32.0 Å². The lowest BCUT2D eigenvalue weighted by atomic mass is 10.2. The van der Waals surface area contributed by atoms with E-state index in [1.165, 1.54) is 0 Å². The average Bonchev–Trinajstić information content (AvgIpc) is 2.88. The van der Waals surface area contributed by atoms with E-state index in [1.54, 1.807) is 7.05 Å². The molecule has 118 valence electrons. The standard InChI is InChI=1S/C15H26N4O2/c1-10(2)14(20)17-8-9-18-15(16-5)19-12(4)13-7-6-11(3)21-13/h6-7,10,12H,8-9H2,1-5H3,(H,17,20)(H2,16,18,19). The number of guanidine groups is 1. The molecular formula is C15H26N4O2. The van der Waals surface area contributed by atoms with E-state index in [9.17, 15) is 4.79 Å². The van der Waals surface area contributed by atoms with Gasteiger partial charge in [0.15, 0.2) is 5.96 Å². The van der Waals surface area contributed by atoms with Gasteiger partial charge in [-0.25, -0.2) is 0 Å². The fraction of sp³-hybridized carbons (Fsp3) is 0.600. The van der Waals surface area contributed by atoms with Crippen LogP contribution >= 0.6 is 0 Å². The SMILES string of the molecule is CN=C(NCCNC(=O)C(C)C)NC(C)c1ccc(C)o1. The molecule has 1 aromatic heterocycles. The van der Waals surface area contributed by atoms with Crippen molar-refractivity contribution in [3.05, 3.63) is 23.7 Å². The molecule has 1 rings (SSSR count). The number of carbonyl (C=O) groups is 1. The van der Waals surface area contributed by atoms with Gasteiger partial charge < -0.3 is 20.4 Å². The Labute approximate surface area is 126 Å². The van der Waals surface area contributed by atoms with Crippen molar-refractivity contribution in [3.8, 4) is 0 Å². The Morgan fingerprint density at radius 2 is 1.90 bits per heavy atom. The Morgan fingerprint density at radius 1 is 1.24 bits per heavy atom. The van der Waals surface area contributed by atoms with Crippen molar-refractivity contribution in [1.29, 1.82) is 0 Å². The maximum atomic E-state index is 11.4. The van der Waals surface area contributed by atoms with Crippen LogP contribution in [0.25, 0.3) is 0 Å². The Kier molecular flexibility index (Phi) is 6.78. The third-order valence-electron chi connectivity index (χ3n) is 3.01. The Bertz CT molecular complexity index is 480. The molecular weight excluding hydrogens is 268 g/mol. The van der Waals surface area contributed by atoms with Gasteiger partial charge in [0, 0.05) is 26.1 Å². The molecule has 3 N–H and O–H groups in total. The monoisotopic (exact) mass is 294 g/mol. The first-order valence-corrected chi connectivity index (χ1v) is 7.25. The van der Waals surface area contributed by atoms with Gasteiger partial charge in [-0.05, 0) is 26.0 Å². The van der Waals surface area contributed by atoms with Gasteiger partial charge in [0.25, 0.3) is 0 Å². The summed E-state index contributed by atoms with van der Waals surface area (Å²) < 4.78 is 5.57. The number of hydrogen-bond acceptors (Lipinski definition) is 3. The van der Waals surface area contributed by atoms with Crippen molar-refractivity contribution < 1.29 is 9.21 Å². The molecule has 0 bridgehead atoms. The first-order chi connectivity index (χ1) is 9.93. The first-order valence-electron chi connectivity index (χ1n) is 7.25. The maximum Gasteiger partial charge on any atom is 0.222 e. The van der Waals surface area contributed by atoms with E-state index in [0.29, 0.717) is 19.0 Å². The summed E-state index contributed by atoms with van der Waals surface area (Å²) in [7, 11) is 1.71. The molecule has 1 aromatic rings. The summed E-state index contributed by atoms with van der Waals surface area (Å²) in [5.74, 6) is 2.49. The molecule has 0 saturated heterocycles. The Morgan fingerprint density at radius 3 is 2.43 bits per heavy atom. The quantitative estimate of drug-likeness (QED) is 0.423. The fourth-order valence-corrected chi connectivity index (χ4v) is 1.73. The van der Waals surface area contributed by atoms with Crippen LogP contribution in [0.15, 0.2) is 21.5 Å². The lowest BCUT2D eigenvalue weighted by Gasteiger charge is -2.16. The van der Waals surface area contributed by atoms with Crippen LogP contribution in [0, 0.1) is 12.8 Å². The summed E-state index contributed by atoms with van der Waals surface area (Å²) in [6.07, 6.45) is 0. The molecule has 6 heteroatoms. The summed E-state index contributed by atoms with van der Waals surface area (Å²) in [5.41, 5.74) is 0. The summed E-state index contributed by atoms with van der Waals surface area (Å²) >= 11 is 0. The lowest BCUT2D eigenvalue weighted by molar-refractivity contribution is -0.123. The molecule has 0 aliphatic heterocycles. The molecule has 1 atom stereocenters. The predicted octanol–water partition coefficient (Wildman–Crippen LogP) is 1.59. The molecule has 0 saturated carbocycles. The van der Waals surface area contributed by atoms with Crippen LogP contribution < -0.4 is 16.0 Å². The zero-order valence-corrected chi connectivity index (χ0v) is 13.5. The first kappa shape index (κ1) is 17.1. The van der Waals surface area contributed by atoms with Crippen LogP contribution in [0.1, 0.15) is 38.3 Å². The van der Waals surface area contributed by atoms with Crippen molar-refractivity contribution >= 4 is 11.9 Å². The van der Waals surface area contributed by atoms with Gasteiger partial charge in [0.05, 0.1) is 6.04 Å². The minimum absolute atomic E-state index is 0.00431. The molecule has 0 aliphatic rings. The van der Waals surface area contributed by atoms with Gasteiger partial charge >= 0.3 is 0 Å². The number of amides is 1. The van der Waals surface area contributed by atoms with E-state index in [2.05, 4.69) is 20.9 Å². The van der Waals surface area contributed by atoms with Crippen LogP contribution in [0.2, 0.25) is 0 Å². The minimum atomic E-state index is 0.00431. The third-order valence-corrected chi connectivity index (χ3v) is 3.01. The van der Waals surface area contributed by atoms with Crippen molar-refractivity contribution in [3.63, 3.8) is 0 Å². The second-order valence-electron chi connectivity index (χ2n) is 5.26. The second-order valence-corrected chi connectivity index (χ2v) is 5.26. The van der Waals surface area contributed by atoms with Crippen LogP contribution in [0.4, 0.5) is 0 Å². The van der Waals surface area contributed by atoms with Gasteiger partial charge in [-0.2, -0.15) is 0 Å². The van der Waals surface area contributed by atoms with Gasteiger partial charge in [0.2, 0.25) is 5.91 Å². The Hall–Kier alpha value is -1.98. The normalized spacial score (nSPS) is 13.1. The molecule has 21 heavy (non-hydrogen) atoms. The molecule has 6 nitrogen and oxygen atoms in total. The highest BCUT2D eigenvalue weighted by molar-refractivity contribution is 5.80. The number of rotatable bonds is 6. The molecule has 0 aromatic carbocycles. The van der Waals surface area contributed by atoms with Crippen molar-refractivity contribution in [2.75, 3.05) is 20.1 Å². The summed E-state index contributed by atoms with van der Waals surface area (Å²) in [5, 5.41) is 9.24. The van der Waals surface area contributed by atoms with Crippen LogP contribution in [-0.2, 0) is 4.79 Å². The van der Waals surface area contributed by atoms with E-state index >= 15 is 0 Å². The van der Waals surface area contributed by atoms with Gasteiger partial charge in [-0.1, -0.05) is 13.8 Å².